The van der Waals surface area contributed by atoms with Crippen LogP contribution >= 0.6 is 0 Å². The van der Waals surface area contributed by atoms with Crippen LogP contribution < -0.4 is 20.9 Å². The zero-order valence-corrected chi connectivity index (χ0v) is 23.6. The molecule has 0 radical (unpaired) electrons. The van der Waals surface area contributed by atoms with Crippen molar-refractivity contribution in [1.82, 2.24) is 16.0 Å². The Hall–Kier alpha value is -3.46. The number of benzene rings is 2. The number of imide groups is 1. The predicted octanol–water partition coefficient (Wildman–Crippen LogP) is 4.78. The number of rotatable bonds is 9. The van der Waals surface area contributed by atoms with Gasteiger partial charge in [0.2, 0.25) is 11.8 Å². The van der Waals surface area contributed by atoms with E-state index in [1.807, 2.05) is 36.4 Å². The average molecular weight is 565 g/mol. The SMILES string of the molecule is O=C1CCC(c2ccc(N3CCC(CCNC4CCC(NC(=O)OCc5ccccc5)CC4)CC3)c(F)c2)C(=O)N1. The Labute approximate surface area is 241 Å². The third kappa shape index (κ3) is 8.06. The number of halogens is 1. The maximum Gasteiger partial charge on any atom is 0.407 e. The first kappa shape index (κ1) is 29.0. The van der Waals surface area contributed by atoms with Crippen LogP contribution in [0.4, 0.5) is 14.9 Å². The molecule has 2 saturated heterocycles. The number of carbonyl (C=O) groups excluding carboxylic acids is 3. The molecule has 1 saturated carbocycles. The summed E-state index contributed by atoms with van der Waals surface area (Å²) < 4.78 is 20.4. The van der Waals surface area contributed by atoms with E-state index < -0.39 is 5.92 Å². The molecule has 2 aromatic rings. The van der Waals surface area contributed by atoms with Crippen molar-refractivity contribution in [2.24, 2.45) is 5.92 Å². The number of hydrogen-bond acceptors (Lipinski definition) is 6. The molecule has 0 bridgehead atoms. The number of nitrogens with zero attached hydrogens (tertiary/aromatic N) is 1. The van der Waals surface area contributed by atoms with Crippen molar-refractivity contribution in [2.45, 2.75) is 82.4 Å². The number of carbonyl (C=O) groups is 3. The van der Waals surface area contributed by atoms with Crippen LogP contribution in [0.3, 0.4) is 0 Å². The molecule has 5 rings (SSSR count). The lowest BCUT2D eigenvalue weighted by atomic mass is 9.89. The predicted molar refractivity (Wildman–Crippen MR) is 155 cm³/mol. The molecule has 3 N–H and O–H groups in total. The van der Waals surface area contributed by atoms with Crippen LogP contribution in [0.25, 0.3) is 0 Å². The molecule has 3 fully saturated rings. The van der Waals surface area contributed by atoms with Gasteiger partial charge in [0.15, 0.2) is 0 Å². The lowest BCUT2D eigenvalue weighted by Crippen LogP contribution is -2.43. The Bertz CT molecular complexity index is 1190. The Morgan fingerprint density at radius 1 is 0.951 bits per heavy atom. The summed E-state index contributed by atoms with van der Waals surface area (Å²) >= 11 is 0. The summed E-state index contributed by atoms with van der Waals surface area (Å²) in [6.07, 6.45) is 7.49. The van der Waals surface area contributed by atoms with Gasteiger partial charge in [-0.1, -0.05) is 36.4 Å². The lowest BCUT2D eigenvalue weighted by Gasteiger charge is -2.35. The van der Waals surface area contributed by atoms with Gasteiger partial charge in [0.05, 0.1) is 11.6 Å². The first-order chi connectivity index (χ1) is 19.9. The number of nitrogens with one attached hydrogen (secondary N) is 3. The fourth-order valence-corrected chi connectivity index (χ4v) is 6.34. The second kappa shape index (κ2) is 13.9. The minimum Gasteiger partial charge on any atom is -0.445 e. The highest BCUT2D eigenvalue weighted by Gasteiger charge is 2.29. The van der Waals surface area contributed by atoms with Crippen LogP contribution in [0.1, 0.15) is 74.8 Å². The summed E-state index contributed by atoms with van der Waals surface area (Å²) in [5, 5.41) is 9.08. The molecule has 3 amide bonds. The molecule has 1 aliphatic carbocycles. The molecule has 2 heterocycles. The fourth-order valence-electron chi connectivity index (χ4n) is 6.34. The minimum atomic E-state index is -0.470. The quantitative estimate of drug-likeness (QED) is 0.379. The first-order valence-corrected chi connectivity index (χ1v) is 15.0. The van der Waals surface area contributed by atoms with Crippen LogP contribution in [0.5, 0.6) is 0 Å². The smallest absolute Gasteiger partial charge is 0.407 e. The Morgan fingerprint density at radius 3 is 2.39 bits per heavy atom. The maximum absolute atomic E-state index is 15.0. The Kier molecular flexibility index (Phi) is 9.88. The van der Waals surface area contributed by atoms with Crippen molar-refractivity contribution in [1.29, 1.82) is 0 Å². The van der Waals surface area contributed by atoms with Gasteiger partial charge in [-0.25, -0.2) is 9.18 Å². The number of hydrogen-bond donors (Lipinski definition) is 3. The molecule has 0 spiro atoms. The molecule has 2 aromatic carbocycles. The van der Waals surface area contributed by atoms with Crippen molar-refractivity contribution in [2.75, 3.05) is 24.5 Å². The normalized spacial score (nSPS) is 23.6. The van der Waals surface area contributed by atoms with E-state index >= 15 is 4.39 Å². The largest absolute Gasteiger partial charge is 0.445 e. The van der Waals surface area contributed by atoms with Crippen LogP contribution in [0, 0.1) is 11.7 Å². The van der Waals surface area contributed by atoms with Crippen molar-refractivity contribution in [3.63, 3.8) is 0 Å². The number of amides is 3. The van der Waals surface area contributed by atoms with Gasteiger partial charge >= 0.3 is 6.09 Å². The van der Waals surface area contributed by atoms with Crippen molar-refractivity contribution >= 4 is 23.6 Å². The topological polar surface area (TPSA) is 99.8 Å². The average Bonchev–Trinajstić information content (AvgIpc) is 2.98. The van der Waals surface area contributed by atoms with Crippen molar-refractivity contribution in [3.8, 4) is 0 Å². The van der Waals surface area contributed by atoms with Gasteiger partial charge in [-0.3, -0.25) is 14.9 Å². The standard InChI is InChI=1S/C32H41FN4O4/c33-28-20-24(27-11-13-30(38)36-31(27)39)6-12-29(28)37-18-15-22(16-19-37)14-17-34-25-7-9-26(10-8-25)35-32(40)41-21-23-4-2-1-3-5-23/h1-6,12,20,22,25-27,34H,7-11,13-19,21H2,(H,35,40)(H,36,38,39). The zero-order valence-electron chi connectivity index (χ0n) is 23.6. The van der Waals surface area contributed by atoms with Crippen LogP contribution in [0.2, 0.25) is 0 Å². The molecule has 9 heteroatoms. The van der Waals surface area contributed by atoms with Gasteiger partial charge in [0.1, 0.15) is 12.4 Å². The summed E-state index contributed by atoms with van der Waals surface area (Å²) in [5.41, 5.74) is 2.20. The van der Waals surface area contributed by atoms with E-state index in [-0.39, 0.29) is 42.8 Å². The number of ether oxygens (including phenoxy) is 1. The summed E-state index contributed by atoms with van der Waals surface area (Å²) in [4.78, 5) is 37.8. The molecule has 3 aliphatic rings. The van der Waals surface area contributed by atoms with Gasteiger partial charge in [0.25, 0.3) is 0 Å². The molecule has 8 nitrogen and oxygen atoms in total. The van der Waals surface area contributed by atoms with E-state index in [1.54, 1.807) is 6.07 Å². The molecule has 1 unspecified atom stereocenters. The monoisotopic (exact) mass is 564 g/mol. The van der Waals surface area contributed by atoms with Crippen molar-refractivity contribution in [3.05, 3.63) is 65.5 Å². The highest BCUT2D eigenvalue weighted by molar-refractivity contribution is 6.00. The maximum atomic E-state index is 15.0. The van der Waals surface area contributed by atoms with Crippen LogP contribution in [0.15, 0.2) is 48.5 Å². The van der Waals surface area contributed by atoms with E-state index in [0.717, 1.165) is 70.1 Å². The second-order valence-corrected chi connectivity index (χ2v) is 11.6. The third-order valence-corrected chi connectivity index (χ3v) is 8.82. The highest BCUT2D eigenvalue weighted by Crippen LogP contribution is 2.31. The van der Waals surface area contributed by atoms with E-state index in [9.17, 15) is 14.4 Å². The number of alkyl carbamates (subject to hydrolysis) is 1. The molecule has 41 heavy (non-hydrogen) atoms. The molecule has 1 atom stereocenters. The van der Waals surface area contributed by atoms with Gasteiger partial charge in [-0.15, -0.1) is 0 Å². The first-order valence-electron chi connectivity index (χ1n) is 15.0. The Balaban J connectivity index is 0.965. The van der Waals surface area contributed by atoms with Crippen LogP contribution in [-0.4, -0.2) is 49.6 Å². The highest BCUT2D eigenvalue weighted by atomic mass is 19.1. The van der Waals surface area contributed by atoms with Gasteiger partial charge in [-0.05, 0) is 87.1 Å². The third-order valence-electron chi connectivity index (χ3n) is 8.82. The summed E-state index contributed by atoms with van der Waals surface area (Å²) in [6, 6.07) is 15.4. The van der Waals surface area contributed by atoms with Gasteiger partial charge < -0.3 is 20.3 Å². The fraction of sp³-hybridized carbons (Fsp3) is 0.531. The summed E-state index contributed by atoms with van der Waals surface area (Å²) in [5.74, 6) is -0.766. The molecule has 220 valence electrons. The van der Waals surface area contributed by atoms with E-state index in [1.165, 1.54) is 6.07 Å². The van der Waals surface area contributed by atoms with Gasteiger partial charge in [0, 0.05) is 31.6 Å². The molecular weight excluding hydrogens is 523 g/mol. The second-order valence-electron chi connectivity index (χ2n) is 11.6. The lowest BCUT2D eigenvalue weighted by molar-refractivity contribution is -0.134. The van der Waals surface area contributed by atoms with Gasteiger partial charge in [-0.2, -0.15) is 0 Å². The van der Waals surface area contributed by atoms with Crippen molar-refractivity contribution < 1.29 is 23.5 Å². The molecule has 2 aliphatic heterocycles. The van der Waals surface area contributed by atoms with E-state index in [0.29, 0.717) is 29.6 Å². The minimum absolute atomic E-state index is 0.166. The van der Waals surface area contributed by atoms with E-state index in [4.69, 9.17) is 4.74 Å². The molecular formula is C32H41FN4O4. The Morgan fingerprint density at radius 2 is 1.68 bits per heavy atom. The number of piperidine rings is 2. The van der Waals surface area contributed by atoms with Crippen LogP contribution in [-0.2, 0) is 20.9 Å². The molecule has 0 aromatic heterocycles. The summed E-state index contributed by atoms with van der Waals surface area (Å²) in [7, 11) is 0. The zero-order chi connectivity index (χ0) is 28.6. The number of anilines is 1. The van der Waals surface area contributed by atoms with E-state index in [2.05, 4.69) is 20.9 Å². The summed E-state index contributed by atoms with van der Waals surface area (Å²) in [6.45, 7) is 2.89.